The van der Waals surface area contributed by atoms with E-state index >= 15 is 0 Å². The number of piperidine rings is 1. The highest BCUT2D eigenvalue weighted by molar-refractivity contribution is 6.42. The van der Waals surface area contributed by atoms with Crippen LogP contribution in [0.3, 0.4) is 0 Å². The molecule has 0 spiro atoms. The standard InChI is InChI=1S/C23H23Cl2F2N3O3/c1-2-33-14-5-3-13(4-6-14)15(11-18(31)32)22-28-17-12-16(24)21(19(25)20(17)29-22)30-9-7-23(26,27)8-10-30/h3-6,12,15H,2,7-11H2,1H3,(H,28,29)(H,31,32). The molecule has 3 aromatic rings. The number of carboxylic acids is 1. The second-order valence-electron chi connectivity index (χ2n) is 8.03. The minimum absolute atomic E-state index is 0.128. The Labute approximate surface area is 199 Å². The molecule has 0 amide bonds. The first-order valence-electron chi connectivity index (χ1n) is 10.6. The summed E-state index contributed by atoms with van der Waals surface area (Å²) in [7, 11) is 0. The van der Waals surface area contributed by atoms with Gasteiger partial charge in [0, 0.05) is 25.9 Å². The van der Waals surface area contributed by atoms with Crippen LogP contribution < -0.4 is 9.64 Å². The van der Waals surface area contributed by atoms with Crippen molar-refractivity contribution in [3.05, 3.63) is 51.8 Å². The van der Waals surface area contributed by atoms with Gasteiger partial charge >= 0.3 is 5.97 Å². The molecule has 10 heteroatoms. The molecule has 1 fully saturated rings. The molecule has 0 saturated carbocycles. The van der Waals surface area contributed by atoms with E-state index in [1.165, 1.54) is 0 Å². The number of fused-ring (bicyclic) bond motifs is 1. The Morgan fingerprint density at radius 1 is 1.27 bits per heavy atom. The second kappa shape index (κ2) is 9.35. The topological polar surface area (TPSA) is 78.5 Å². The van der Waals surface area contributed by atoms with Crippen LogP contribution in [0.25, 0.3) is 11.0 Å². The summed E-state index contributed by atoms with van der Waals surface area (Å²) in [6.45, 7) is 2.66. The van der Waals surface area contributed by atoms with E-state index in [9.17, 15) is 18.7 Å². The molecule has 1 aromatic heterocycles. The van der Waals surface area contributed by atoms with Crippen molar-refractivity contribution in [1.82, 2.24) is 9.97 Å². The summed E-state index contributed by atoms with van der Waals surface area (Å²) < 4.78 is 32.7. The van der Waals surface area contributed by atoms with Crippen molar-refractivity contribution in [1.29, 1.82) is 0 Å². The van der Waals surface area contributed by atoms with Gasteiger partial charge in [-0.3, -0.25) is 4.79 Å². The van der Waals surface area contributed by atoms with Gasteiger partial charge in [-0.05, 0) is 30.7 Å². The van der Waals surface area contributed by atoms with E-state index in [-0.39, 0.29) is 37.4 Å². The fourth-order valence-electron chi connectivity index (χ4n) is 4.11. The summed E-state index contributed by atoms with van der Waals surface area (Å²) in [4.78, 5) is 21.1. The molecule has 0 bridgehead atoms. The van der Waals surface area contributed by atoms with Gasteiger partial charge < -0.3 is 19.7 Å². The van der Waals surface area contributed by atoms with E-state index in [2.05, 4.69) is 9.97 Å². The Balaban J connectivity index is 1.72. The molecule has 1 aliphatic rings. The van der Waals surface area contributed by atoms with Crippen LogP contribution in [0, 0.1) is 0 Å². The Kier molecular flexibility index (Phi) is 6.68. The van der Waals surface area contributed by atoms with Gasteiger partial charge in [-0.2, -0.15) is 0 Å². The van der Waals surface area contributed by atoms with Gasteiger partial charge in [0.15, 0.2) is 0 Å². The van der Waals surface area contributed by atoms with Crippen molar-refractivity contribution in [2.75, 3.05) is 24.6 Å². The highest BCUT2D eigenvalue weighted by Gasteiger charge is 2.35. The van der Waals surface area contributed by atoms with Crippen molar-refractivity contribution in [2.24, 2.45) is 0 Å². The third-order valence-electron chi connectivity index (χ3n) is 5.78. The highest BCUT2D eigenvalue weighted by atomic mass is 35.5. The first-order chi connectivity index (χ1) is 15.7. The van der Waals surface area contributed by atoms with Crippen LogP contribution in [0.15, 0.2) is 30.3 Å². The lowest BCUT2D eigenvalue weighted by Gasteiger charge is -2.34. The van der Waals surface area contributed by atoms with Crippen molar-refractivity contribution in [2.45, 2.75) is 38.0 Å². The zero-order valence-corrected chi connectivity index (χ0v) is 19.4. The number of imidazole rings is 1. The number of ether oxygens (including phenoxy) is 1. The van der Waals surface area contributed by atoms with Crippen molar-refractivity contribution in [3.8, 4) is 5.75 Å². The minimum Gasteiger partial charge on any atom is -0.494 e. The summed E-state index contributed by atoms with van der Waals surface area (Å²) in [5.41, 5.74) is 2.19. The van der Waals surface area contributed by atoms with Crippen LogP contribution in [-0.2, 0) is 4.79 Å². The van der Waals surface area contributed by atoms with Gasteiger partial charge in [0.2, 0.25) is 0 Å². The summed E-state index contributed by atoms with van der Waals surface area (Å²) in [6.07, 6.45) is -0.739. The zero-order chi connectivity index (χ0) is 23.8. The number of carbonyl (C=O) groups is 1. The van der Waals surface area contributed by atoms with E-state index < -0.39 is 17.8 Å². The lowest BCUT2D eigenvalue weighted by atomic mass is 9.95. The Morgan fingerprint density at radius 2 is 1.94 bits per heavy atom. The van der Waals surface area contributed by atoms with Crippen LogP contribution in [-0.4, -0.2) is 46.7 Å². The highest BCUT2D eigenvalue weighted by Crippen LogP contribution is 2.42. The van der Waals surface area contributed by atoms with Gasteiger partial charge in [-0.15, -0.1) is 0 Å². The number of hydrogen-bond donors (Lipinski definition) is 2. The molecule has 176 valence electrons. The largest absolute Gasteiger partial charge is 0.494 e. The van der Waals surface area contributed by atoms with Crippen molar-refractivity contribution in [3.63, 3.8) is 0 Å². The minimum atomic E-state index is -2.69. The van der Waals surface area contributed by atoms with E-state index in [1.807, 2.05) is 6.92 Å². The number of benzene rings is 2. The quantitative estimate of drug-likeness (QED) is 0.411. The molecular formula is C23H23Cl2F2N3O3. The van der Waals surface area contributed by atoms with Gasteiger partial charge in [0.05, 0.1) is 40.2 Å². The maximum absolute atomic E-state index is 13.6. The lowest BCUT2D eigenvalue weighted by molar-refractivity contribution is -0.137. The Morgan fingerprint density at radius 3 is 2.55 bits per heavy atom. The number of carboxylic acid groups (broad SMARTS) is 1. The number of alkyl halides is 2. The Hall–Kier alpha value is -2.58. The van der Waals surface area contributed by atoms with Crippen molar-refractivity contribution < 1.29 is 23.4 Å². The molecule has 33 heavy (non-hydrogen) atoms. The number of anilines is 1. The summed E-state index contributed by atoms with van der Waals surface area (Å²) in [5.74, 6) is -3.12. The first kappa shape index (κ1) is 23.6. The molecule has 1 saturated heterocycles. The SMILES string of the molecule is CCOc1ccc(C(CC(=O)O)c2nc3c(Cl)c(N4CCC(F)(F)CC4)c(Cl)cc3[nH]2)cc1. The average Bonchev–Trinajstić information content (AvgIpc) is 3.18. The van der Waals surface area contributed by atoms with Crippen molar-refractivity contribution >= 4 is 45.9 Å². The number of H-pyrrole nitrogens is 1. The van der Waals surface area contributed by atoms with Gasteiger partial charge in [0.25, 0.3) is 5.92 Å². The van der Waals surface area contributed by atoms with Crippen LogP contribution in [0.4, 0.5) is 14.5 Å². The summed E-state index contributed by atoms with van der Waals surface area (Å²) in [6, 6.07) is 8.83. The van der Waals surface area contributed by atoms with Crippen LogP contribution in [0.2, 0.25) is 10.0 Å². The van der Waals surface area contributed by atoms with Gasteiger partial charge in [0.1, 0.15) is 17.1 Å². The molecule has 6 nitrogen and oxygen atoms in total. The monoisotopic (exact) mass is 497 g/mol. The van der Waals surface area contributed by atoms with Gasteiger partial charge in [-0.1, -0.05) is 35.3 Å². The van der Waals surface area contributed by atoms with E-state index in [0.717, 1.165) is 5.56 Å². The normalized spacial score (nSPS) is 16.7. The molecular weight excluding hydrogens is 475 g/mol. The summed E-state index contributed by atoms with van der Waals surface area (Å²) in [5, 5.41) is 10.1. The molecule has 1 aliphatic heterocycles. The molecule has 0 radical (unpaired) electrons. The number of aromatic nitrogens is 2. The lowest BCUT2D eigenvalue weighted by Crippen LogP contribution is -2.39. The summed E-state index contributed by atoms with van der Waals surface area (Å²) >= 11 is 13.1. The number of rotatable bonds is 7. The number of nitrogens with zero attached hydrogens (tertiary/aromatic N) is 2. The molecule has 0 aliphatic carbocycles. The van der Waals surface area contributed by atoms with Crippen LogP contribution in [0.5, 0.6) is 5.75 Å². The molecule has 1 unspecified atom stereocenters. The maximum Gasteiger partial charge on any atom is 0.304 e. The second-order valence-corrected chi connectivity index (χ2v) is 8.82. The zero-order valence-electron chi connectivity index (χ0n) is 17.9. The molecule has 4 rings (SSSR count). The number of nitrogens with one attached hydrogen (secondary N) is 1. The maximum atomic E-state index is 13.6. The van der Waals surface area contributed by atoms with Crippen LogP contribution >= 0.6 is 23.2 Å². The predicted octanol–water partition coefficient (Wildman–Crippen LogP) is 6.11. The Bertz CT molecular complexity index is 1160. The third kappa shape index (κ3) is 5.01. The van der Waals surface area contributed by atoms with Gasteiger partial charge in [-0.25, -0.2) is 13.8 Å². The molecule has 2 heterocycles. The third-order valence-corrected chi connectivity index (χ3v) is 6.42. The van der Waals surface area contributed by atoms with E-state index in [4.69, 9.17) is 27.9 Å². The smallest absolute Gasteiger partial charge is 0.304 e. The first-order valence-corrected chi connectivity index (χ1v) is 11.4. The number of halogens is 4. The molecule has 2 aromatic carbocycles. The van der Waals surface area contributed by atoms with E-state index in [1.54, 1.807) is 35.2 Å². The number of aliphatic carboxylic acids is 1. The average molecular weight is 498 g/mol. The fourth-order valence-corrected chi connectivity index (χ4v) is 4.85. The van der Waals surface area contributed by atoms with E-state index in [0.29, 0.717) is 39.9 Å². The molecule has 2 N–H and O–H groups in total. The van der Waals surface area contributed by atoms with Crippen LogP contribution in [0.1, 0.15) is 43.5 Å². The number of aromatic amines is 1. The fraction of sp³-hybridized carbons (Fsp3) is 0.391. The number of hydrogen-bond acceptors (Lipinski definition) is 4. The molecule has 1 atom stereocenters. The predicted molar refractivity (Wildman–Crippen MR) is 124 cm³/mol.